The van der Waals surface area contributed by atoms with Gasteiger partial charge < -0.3 is 5.32 Å². The summed E-state index contributed by atoms with van der Waals surface area (Å²) in [5, 5.41) is 5.82. The normalized spacial score (nSPS) is 14.4. The zero-order valence-electron chi connectivity index (χ0n) is 11.8. The molecule has 1 N–H and O–H groups in total. The van der Waals surface area contributed by atoms with Crippen molar-refractivity contribution < 1.29 is 0 Å². The predicted octanol–water partition coefficient (Wildman–Crippen LogP) is 5.54. The molecule has 0 amide bonds. The Hall–Kier alpha value is -0.640. The van der Waals surface area contributed by atoms with Crippen LogP contribution in [0.5, 0.6) is 0 Å². The van der Waals surface area contributed by atoms with Gasteiger partial charge in [0.05, 0.1) is 0 Å². The lowest BCUT2D eigenvalue weighted by Gasteiger charge is -2.21. The molecule has 0 saturated heterocycles. The molecular formula is C16H20BrNS. The van der Waals surface area contributed by atoms with Gasteiger partial charge in [-0.25, -0.2) is 0 Å². The molecule has 102 valence electrons. The highest BCUT2D eigenvalue weighted by atomic mass is 79.9. The van der Waals surface area contributed by atoms with E-state index in [0.29, 0.717) is 12.1 Å². The molecule has 2 atom stereocenters. The van der Waals surface area contributed by atoms with Crippen LogP contribution in [0.25, 0.3) is 0 Å². The maximum Gasteiger partial charge on any atom is 0.0391 e. The van der Waals surface area contributed by atoms with Crippen molar-refractivity contribution in [3.05, 3.63) is 55.7 Å². The van der Waals surface area contributed by atoms with Gasteiger partial charge in [0.25, 0.3) is 0 Å². The van der Waals surface area contributed by atoms with Crippen LogP contribution in [0.4, 0.5) is 0 Å². The van der Waals surface area contributed by atoms with E-state index in [1.54, 1.807) is 11.3 Å². The molecule has 0 radical (unpaired) electrons. The van der Waals surface area contributed by atoms with E-state index in [0.717, 1.165) is 0 Å². The maximum absolute atomic E-state index is 3.68. The molecule has 2 unspecified atom stereocenters. The lowest BCUT2D eigenvalue weighted by molar-refractivity contribution is 0.498. The first-order valence-corrected chi connectivity index (χ1v) is 8.21. The third kappa shape index (κ3) is 3.68. The van der Waals surface area contributed by atoms with Crippen molar-refractivity contribution in [1.82, 2.24) is 5.32 Å². The third-order valence-electron chi connectivity index (χ3n) is 3.42. The molecule has 0 aliphatic rings. The number of hydrogen-bond donors (Lipinski definition) is 1. The predicted molar refractivity (Wildman–Crippen MR) is 87.9 cm³/mol. The SMILES string of the molecule is Cc1ccc(C)c(C(C)NC(C)c2cc(Br)cs2)c1. The zero-order chi connectivity index (χ0) is 14.0. The van der Waals surface area contributed by atoms with Gasteiger partial charge in [0, 0.05) is 26.8 Å². The molecule has 3 heteroatoms. The van der Waals surface area contributed by atoms with E-state index in [-0.39, 0.29) is 0 Å². The van der Waals surface area contributed by atoms with Crippen molar-refractivity contribution in [1.29, 1.82) is 0 Å². The summed E-state index contributed by atoms with van der Waals surface area (Å²) < 4.78 is 1.17. The Kier molecular flexibility index (Phi) is 4.82. The Labute approximate surface area is 128 Å². The van der Waals surface area contributed by atoms with Gasteiger partial charge in [-0.15, -0.1) is 11.3 Å². The van der Waals surface area contributed by atoms with Gasteiger partial charge >= 0.3 is 0 Å². The lowest BCUT2D eigenvalue weighted by Crippen LogP contribution is -2.22. The van der Waals surface area contributed by atoms with E-state index in [9.17, 15) is 0 Å². The lowest BCUT2D eigenvalue weighted by atomic mass is 9.99. The number of halogens is 1. The highest BCUT2D eigenvalue weighted by molar-refractivity contribution is 9.10. The average molecular weight is 338 g/mol. The van der Waals surface area contributed by atoms with Crippen LogP contribution in [0, 0.1) is 13.8 Å². The Morgan fingerprint density at radius 2 is 1.84 bits per heavy atom. The zero-order valence-corrected chi connectivity index (χ0v) is 14.2. The molecule has 2 rings (SSSR count). The molecule has 0 aliphatic heterocycles. The molecule has 0 bridgehead atoms. The van der Waals surface area contributed by atoms with Gasteiger partial charge in [-0.3, -0.25) is 0 Å². The molecule has 19 heavy (non-hydrogen) atoms. The standard InChI is InChI=1S/C16H20BrNS/c1-10-5-6-11(2)15(7-10)12(3)18-13(4)16-8-14(17)9-19-16/h5-9,12-13,18H,1-4H3. The van der Waals surface area contributed by atoms with E-state index < -0.39 is 0 Å². The Bertz CT molecular complexity index is 562. The molecule has 0 saturated carbocycles. The molecule has 2 aromatic rings. The fraction of sp³-hybridized carbons (Fsp3) is 0.375. The number of hydrogen-bond acceptors (Lipinski definition) is 2. The second-order valence-corrected chi connectivity index (χ2v) is 7.00. The topological polar surface area (TPSA) is 12.0 Å². The van der Waals surface area contributed by atoms with Crippen LogP contribution in [0.1, 0.15) is 47.5 Å². The molecule has 1 heterocycles. The smallest absolute Gasteiger partial charge is 0.0391 e. The summed E-state index contributed by atoms with van der Waals surface area (Å²) in [6, 6.07) is 9.57. The second kappa shape index (κ2) is 6.21. The monoisotopic (exact) mass is 337 g/mol. The Morgan fingerprint density at radius 1 is 1.11 bits per heavy atom. The van der Waals surface area contributed by atoms with Gasteiger partial charge in [0.2, 0.25) is 0 Å². The van der Waals surface area contributed by atoms with Crippen molar-refractivity contribution in [3.63, 3.8) is 0 Å². The fourth-order valence-corrected chi connectivity index (χ4v) is 3.79. The van der Waals surface area contributed by atoms with Gasteiger partial charge in [0.15, 0.2) is 0 Å². The molecule has 0 spiro atoms. The summed E-state index contributed by atoms with van der Waals surface area (Å²) >= 11 is 5.31. The summed E-state index contributed by atoms with van der Waals surface area (Å²) in [5.74, 6) is 0. The summed E-state index contributed by atoms with van der Waals surface area (Å²) in [7, 11) is 0. The number of benzene rings is 1. The van der Waals surface area contributed by atoms with Crippen LogP contribution in [0.3, 0.4) is 0 Å². The van der Waals surface area contributed by atoms with Crippen molar-refractivity contribution in [3.8, 4) is 0 Å². The van der Waals surface area contributed by atoms with Crippen LogP contribution < -0.4 is 5.32 Å². The van der Waals surface area contributed by atoms with E-state index in [1.165, 1.54) is 26.0 Å². The van der Waals surface area contributed by atoms with Crippen molar-refractivity contribution >= 4 is 27.3 Å². The first-order valence-electron chi connectivity index (χ1n) is 6.54. The highest BCUT2D eigenvalue weighted by Crippen LogP contribution is 2.28. The van der Waals surface area contributed by atoms with Crippen LogP contribution in [-0.4, -0.2) is 0 Å². The molecule has 1 aromatic carbocycles. The van der Waals surface area contributed by atoms with Crippen molar-refractivity contribution in [2.24, 2.45) is 0 Å². The molecular weight excluding hydrogens is 318 g/mol. The van der Waals surface area contributed by atoms with E-state index in [4.69, 9.17) is 0 Å². The highest BCUT2D eigenvalue weighted by Gasteiger charge is 2.14. The third-order valence-corrected chi connectivity index (χ3v) is 5.29. The first-order chi connectivity index (χ1) is 8.97. The summed E-state index contributed by atoms with van der Waals surface area (Å²) in [5.41, 5.74) is 4.06. The summed E-state index contributed by atoms with van der Waals surface area (Å²) in [4.78, 5) is 1.36. The van der Waals surface area contributed by atoms with Crippen LogP contribution >= 0.6 is 27.3 Å². The van der Waals surface area contributed by atoms with E-state index in [1.807, 2.05) is 0 Å². The van der Waals surface area contributed by atoms with Gasteiger partial charge in [0.1, 0.15) is 0 Å². The fourth-order valence-electron chi connectivity index (χ4n) is 2.33. The van der Waals surface area contributed by atoms with E-state index >= 15 is 0 Å². The number of aryl methyl sites for hydroxylation is 2. The van der Waals surface area contributed by atoms with Crippen LogP contribution in [-0.2, 0) is 0 Å². The number of nitrogens with one attached hydrogen (secondary N) is 1. The van der Waals surface area contributed by atoms with Gasteiger partial charge in [-0.1, -0.05) is 23.8 Å². The largest absolute Gasteiger partial charge is 0.303 e. The van der Waals surface area contributed by atoms with Gasteiger partial charge in [-0.2, -0.15) is 0 Å². The van der Waals surface area contributed by atoms with Crippen LogP contribution in [0.2, 0.25) is 0 Å². The minimum Gasteiger partial charge on any atom is -0.303 e. The van der Waals surface area contributed by atoms with E-state index in [2.05, 4.69) is 78.6 Å². The minimum atomic E-state index is 0.357. The Balaban J connectivity index is 2.12. The van der Waals surface area contributed by atoms with Crippen molar-refractivity contribution in [2.75, 3.05) is 0 Å². The summed E-state index contributed by atoms with van der Waals surface area (Å²) in [6.07, 6.45) is 0. The molecule has 0 aliphatic carbocycles. The quantitative estimate of drug-likeness (QED) is 0.772. The maximum atomic E-state index is 3.68. The van der Waals surface area contributed by atoms with Gasteiger partial charge in [-0.05, 0) is 60.8 Å². The average Bonchev–Trinajstić information content (AvgIpc) is 2.79. The minimum absolute atomic E-state index is 0.357. The first kappa shape index (κ1) is 14.8. The number of rotatable bonds is 4. The second-order valence-electron chi connectivity index (χ2n) is 5.14. The molecule has 1 aromatic heterocycles. The number of thiophene rings is 1. The Morgan fingerprint density at radius 3 is 2.47 bits per heavy atom. The molecule has 1 nitrogen and oxygen atoms in total. The van der Waals surface area contributed by atoms with Crippen molar-refractivity contribution in [2.45, 2.75) is 39.8 Å². The van der Waals surface area contributed by atoms with Crippen LogP contribution in [0.15, 0.2) is 34.1 Å². The molecule has 0 fully saturated rings. The summed E-state index contributed by atoms with van der Waals surface area (Å²) in [6.45, 7) is 8.79.